The molecule has 1 aliphatic rings. The van der Waals surface area contributed by atoms with Gasteiger partial charge in [0.2, 0.25) is 0 Å². The van der Waals surface area contributed by atoms with Crippen LogP contribution in [0.5, 0.6) is 0 Å². The molecule has 0 aromatic carbocycles. The molecule has 0 aromatic rings. The van der Waals surface area contributed by atoms with Crippen molar-refractivity contribution in [1.29, 1.82) is 0 Å². The summed E-state index contributed by atoms with van der Waals surface area (Å²) < 4.78 is 0. The second kappa shape index (κ2) is 2.49. The van der Waals surface area contributed by atoms with Crippen molar-refractivity contribution in [3.63, 3.8) is 0 Å². The third kappa shape index (κ3) is 1.03. The Hall–Kier alpha value is 0. The third-order valence-corrected chi connectivity index (χ3v) is 4.51. The molecule has 12 heavy (non-hydrogen) atoms. The van der Waals surface area contributed by atoms with Crippen LogP contribution in [0.4, 0.5) is 0 Å². The van der Waals surface area contributed by atoms with Crippen molar-refractivity contribution in [2.75, 3.05) is 0 Å². The molecule has 1 fully saturated rings. The molecule has 0 heteroatoms. The smallest absolute Gasteiger partial charge is 0.0200 e. The van der Waals surface area contributed by atoms with Gasteiger partial charge in [-0.3, -0.25) is 0 Å². The zero-order valence-corrected chi connectivity index (χ0v) is 9.62. The van der Waals surface area contributed by atoms with E-state index in [0.717, 1.165) is 0 Å². The molecule has 0 radical (unpaired) electrons. The summed E-state index contributed by atoms with van der Waals surface area (Å²) >= 11 is 0. The lowest BCUT2D eigenvalue weighted by atomic mass is 9.41. The standard InChI is InChI=1S/C12H24/c1-7-12(10(2,3)4)9-8-11(12,5)6/h7-9H2,1-6H3. The summed E-state index contributed by atoms with van der Waals surface area (Å²) in [7, 11) is 0. The predicted molar refractivity (Wildman–Crippen MR) is 55.2 cm³/mol. The van der Waals surface area contributed by atoms with Gasteiger partial charge in [0, 0.05) is 0 Å². The van der Waals surface area contributed by atoms with Crippen LogP contribution in [0, 0.1) is 16.2 Å². The largest absolute Gasteiger partial charge is 0.0648 e. The second-order valence-corrected chi connectivity index (χ2v) is 6.07. The quantitative estimate of drug-likeness (QED) is 0.549. The minimum atomic E-state index is 0.476. The van der Waals surface area contributed by atoms with E-state index in [1.807, 2.05) is 0 Å². The number of rotatable bonds is 1. The van der Waals surface area contributed by atoms with Crippen molar-refractivity contribution in [3.8, 4) is 0 Å². The maximum atomic E-state index is 2.44. The molecular weight excluding hydrogens is 144 g/mol. The lowest BCUT2D eigenvalue weighted by Gasteiger charge is -2.63. The lowest BCUT2D eigenvalue weighted by molar-refractivity contribution is -0.137. The van der Waals surface area contributed by atoms with Crippen LogP contribution in [-0.4, -0.2) is 0 Å². The van der Waals surface area contributed by atoms with Gasteiger partial charge in [0.15, 0.2) is 0 Å². The minimum Gasteiger partial charge on any atom is -0.0648 e. The van der Waals surface area contributed by atoms with Gasteiger partial charge in [0.1, 0.15) is 0 Å². The maximum absolute atomic E-state index is 2.44. The van der Waals surface area contributed by atoms with Gasteiger partial charge in [-0.1, -0.05) is 41.5 Å². The summed E-state index contributed by atoms with van der Waals surface area (Å²) in [6.45, 7) is 14.4. The fraction of sp³-hybridized carbons (Fsp3) is 1.00. The molecule has 1 rings (SSSR count). The Balaban J connectivity index is 2.93. The van der Waals surface area contributed by atoms with Crippen molar-refractivity contribution in [3.05, 3.63) is 0 Å². The summed E-state index contributed by atoms with van der Waals surface area (Å²) in [5.74, 6) is 0. The SMILES string of the molecule is CCC1(C(C)(C)C)CCC1(C)C. The maximum Gasteiger partial charge on any atom is -0.0200 e. The highest BCUT2D eigenvalue weighted by Crippen LogP contribution is 2.66. The summed E-state index contributed by atoms with van der Waals surface area (Å²) in [5, 5.41) is 0. The Bertz CT molecular complexity index is 155. The molecule has 1 aliphatic carbocycles. The van der Waals surface area contributed by atoms with Gasteiger partial charge in [0.05, 0.1) is 0 Å². The second-order valence-electron chi connectivity index (χ2n) is 6.07. The molecule has 1 atom stereocenters. The first-order valence-corrected chi connectivity index (χ1v) is 5.27. The average molecular weight is 168 g/mol. The van der Waals surface area contributed by atoms with Gasteiger partial charge in [-0.25, -0.2) is 0 Å². The Kier molecular flexibility index (Phi) is 2.10. The zero-order chi connectivity index (χ0) is 9.62. The topological polar surface area (TPSA) is 0 Å². The van der Waals surface area contributed by atoms with Crippen LogP contribution in [0.15, 0.2) is 0 Å². The highest BCUT2D eigenvalue weighted by Gasteiger charge is 2.57. The molecule has 0 bridgehead atoms. The molecule has 0 amide bonds. The van der Waals surface area contributed by atoms with E-state index in [2.05, 4.69) is 41.5 Å². The molecule has 0 nitrogen and oxygen atoms in total. The van der Waals surface area contributed by atoms with E-state index in [1.54, 1.807) is 0 Å². The first kappa shape index (κ1) is 10.1. The fourth-order valence-electron chi connectivity index (χ4n) is 3.50. The molecule has 0 N–H and O–H groups in total. The first-order chi connectivity index (χ1) is 5.27. The van der Waals surface area contributed by atoms with Crippen molar-refractivity contribution in [2.45, 2.75) is 60.8 Å². The predicted octanol–water partition coefficient (Wildman–Crippen LogP) is 4.25. The van der Waals surface area contributed by atoms with Gasteiger partial charge < -0.3 is 0 Å². The van der Waals surface area contributed by atoms with E-state index in [4.69, 9.17) is 0 Å². The minimum absolute atomic E-state index is 0.476. The van der Waals surface area contributed by atoms with Gasteiger partial charge in [0.25, 0.3) is 0 Å². The van der Waals surface area contributed by atoms with Gasteiger partial charge in [-0.05, 0) is 35.5 Å². The van der Waals surface area contributed by atoms with Crippen molar-refractivity contribution in [1.82, 2.24) is 0 Å². The van der Waals surface area contributed by atoms with E-state index >= 15 is 0 Å². The fourth-order valence-corrected chi connectivity index (χ4v) is 3.50. The normalized spacial score (nSPS) is 34.5. The third-order valence-electron chi connectivity index (χ3n) is 4.51. The Morgan fingerprint density at radius 2 is 1.58 bits per heavy atom. The van der Waals surface area contributed by atoms with Crippen LogP contribution in [0.1, 0.15) is 60.8 Å². The van der Waals surface area contributed by atoms with E-state index in [1.165, 1.54) is 19.3 Å². The van der Waals surface area contributed by atoms with Crippen LogP contribution in [0.2, 0.25) is 0 Å². The highest BCUT2D eigenvalue weighted by molar-refractivity contribution is 5.06. The van der Waals surface area contributed by atoms with Crippen molar-refractivity contribution < 1.29 is 0 Å². The van der Waals surface area contributed by atoms with Gasteiger partial charge in [-0.2, -0.15) is 0 Å². The Labute approximate surface area is 77.7 Å². The molecule has 0 aromatic heterocycles. The molecule has 1 saturated carbocycles. The van der Waals surface area contributed by atoms with E-state index in [9.17, 15) is 0 Å². The van der Waals surface area contributed by atoms with Crippen LogP contribution in [0.25, 0.3) is 0 Å². The molecule has 0 saturated heterocycles. The molecular formula is C12H24. The molecule has 72 valence electrons. The van der Waals surface area contributed by atoms with Crippen LogP contribution >= 0.6 is 0 Å². The molecule has 1 unspecified atom stereocenters. The van der Waals surface area contributed by atoms with E-state index in [-0.39, 0.29) is 0 Å². The molecule has 0 spiro atoms. The summed E-state index contributed by atoms with van der Waals surface area (Å²) in [6, 6.07) is 0. The van der Waals surface area contributed by atoms with Gasteiger partial charge >= 0.3 is 0 Å². The first-order valence-electron chi connectivity index (χ1n) is 5.27. The zero-order valence-electron chi connectivity index (χ0n) is 9.62. The Morgan fingerprint density at radius 1 is 1.08 bits per heavy atom. The van der Waals surface area contributed by atoms with Crippen molar-refractivity contribution in [2.24, 2.45) is 16.2 Å². The molecule has 0 aliphatic heterocycles. The Morgan fingerprint density at radius 3 is 1.58 bits per heavy atom. The van der Waals surface area contributed by atoms with Gasteiger partial charge in [-0.15, -0.1) is 0 Å². The van der Waals surface area contributed by atoms with E-state index < -0.39 is 0 Å². The monoisotopic (exact) mass is 168 g/mol. The number of hydrogen-bond donors (Lipinski definition) is 0. The highest BCUT2D eigenvalue weighted by atomic mass is 14.6. The van der Waals surface area contributed by atoms with E-state index in [0.29, 0.717) is 16.2 Å². The lowest BCUT2D eigenvalue weighted by Crippen LogP contribution is -2.54. The van der Waals surface area contributed by atoms with Crippen LogP contribution in [-0.2, 0) is 0 Å². The molecule has 0 heterocycles. The summed E-state index contributed by atoms with van der Waals surface area (Å²) in [6.07, 6.45) is 4.18. The number of hydrogen-bond acceptors (Lipinski definition) is 0. The average Bonchev–Trinajstić information content (AvgIpc) is 1.84. The van der Waals surface area contributed by atoms with Crippen molar-refractivity contribution >= 4 is 0 Å². The summed E-state index contributed by atoms with van der Waals surface area (Å²) in [4.78, 5) is 0. The van der Waals surface area contributed by atoms with Crippen LogP contribution < -0.4 is 0 Å². The van der Waals surface area contributed by atoms with Crippen LogP contribution in [0.3, 0.4) is 0 Å². The summed E-state index contributed by atoms with van der Waals surface area (Å²) in [5.41, 5.74) is 1.64.